The van der Waals surface area contributed by atoms with E-state index in [0.29, 0.717) is 23.6 Å². The number of hydrazine groups is 1. The molecule has 0 radical (unpaired) electrons. The molecule has 0 saturated carbocycles. The summed E-state index contributed by atoms with van der Waals surface area (Å²) in [5, 5.41) is 0. The summed E-state index contributed by atoms with van der Waals surface area (Å²) in [5.74, 6) is -2.05. The van der Waals surface area contributed by atoms with Crippen LogP contribution >= 0.6 is 15.9 Å². The summed E-state index contributed by atoms with van der Waals surface area (Å²) in [7, 11) is 0. The van der Waals surface area contributed by atoms with Gasteiger partial charge in [0.1, 0.15) is 5.75 Å². The number of anilines is 1. The number of esters is 1. The highest BCUT2D eigenvalue weighted by atomic mass is 79.9. The van der Waals surface area contributed by atoms with Crippen LogP contribution in [0.2, 0.25) is 0 Å². The van der Waals surface area contributed by atoms with Gasteiger partial charge in [0, 0.05) is 28.7 Å². The molecular weight excluding hydrogens is 482 g/mol. The Morgan fingerprint density at radius 2 is 1.75 bits per heavy atom. The lowest BCUT2D eigenvalue weighted by atomic mass is 10.1. The second-order valence-corrected chi connectivity index (χ2v) is 7.86. The molecule has 2 aromatic rings. The predicted molar refractivity (Wildman–Crippen MR) is 119 cm³/mol. The van der Waals surface area contributed by atoms with Gasteiger partial charge in [0.2, 0.25) is 5.91 Å². The van der Waals surface area contributed by atoms with Gasteiger partial charge < -0.3 is 14.4 Å². The Balaban J connectivity index is 1.44. The van der Waals surface area contributed by atoms with Crippen LogP contribution in [-0.2, 0) is 19.1 Å². The van der Waals surface area contributed by atoms with Crippen molar-refractivity contribution < 1.29 is 28.7 Å². The van der Waals surface area contributed by atoms with Crippen LogP contribution in [0.5, 0.6) is 5.75 Å². The molecule has 0 aromatic heterocycles. The number of nitrogens with one attached hydrogen (secondary N) is 2. The maximum absolute atomic E-state index is 12.3. The summed E-state index contributed by atoms with van der Waals surface area (Å²) >= 11 is 3.27. The predicted octanol–water partition coefficient (Wildman–Crippen LogP) is 2.21. The van der Waals surface area contributed by atoms with E-state index in [-0.39, 0.29) is 18.9 Å². The fraction of sp³-hybridized carbons (Fsp3) is 0.273. The van der Waals surface area contributed by atoms with E-state index in [1.807, 2.05) is 6.92 Å². The molecule has 2 N–H and O–H groups in total. The molecule has 0 aliphatic carbocycles. The van der Waals surface area contributed by atoms with Crippen molar-refractivity contribution >= 4 is 45.3 Å². The molecule has 1 aliphatic rings. The molecule has 9 nitrogen and oxygen atoms in total. The van der Waals surface area contributed by atoms with E-state index in [2.05, 4.69) is 26.8 Å². The highest BCUT2D eigenvalue weighted by Gasteiger charge is 2.36. The molecule has 32 heavy (non-hydrogen) atoms. The molecule has 10 heteroatoms. The lowest BCUT2D eigenvalue weighted by molar-refractivity contribution is -0.152. The van der Waals surface area contributed by atoms with Gasteiger partial charge in [0.05, 0.1) is 12.5 Å². The Kier molecular flexibility index (Phi) is 7.82. The quantitative estimate of drug-likeness (QED) is 0.442. The third-order valence-electron chi connectivity index (χ3n) is 4.69. The van der Waals surface area contributed by atoms with Crippen LogP contribution in [0.25, 0.3) is 0 Å². The molecule has 0 bridgehead atoms. The monoisotopic (exact) mass is 503 g/mol. The van der Waals surface area contributed by atoms with E-state index in [4.69, 9.17) is 9.47 Å². The molecule has 1 fully saturated rings. The first-order chi connectivity index (χ1) is 15.4. The lowest BCUT2D eigenvalue weighted by Gasteiger charge is -2.17. The normalized spacial score (nSPS) is 15.2. The van der Waals surface area contributed by atoms with Crippen molar-refractivity contribution in [1.29, 1.82) is 0 Å². The van der Waals surface area contributed by atoms with Gasteiger partial charge in [-0.3, -0.25) is 30.0 Å². The average molecular weight is 504 g/mol. The summed E-state index contributed by atoms with van der Waals surface area (Å²) in [4.78, 5) is 50.0. The SMILES string of the molecule is CCOc1ccc(N2C[C@H](C(=O)OCC(=O)NNC(=O)c3ccc(Br)cc3)CC2=O)cc1. The Labute approximate surface area is 193 Å². The summed E-state index contributed by atoms with van der Waals surface area (Å²) in [6.45, 7) is 2.00. The largest absolute Gasteiger partial charge is 0.494 e. The molecule has 1 aliphatic heterocycles. The fourth-order valence-electron chi connectivity index (χ4n) is 3.09. The smallest absolute Gasteiger partial charge is 0.311 e. The molecule has 1 heterocycles. The van der Waals surface area contributed by atoms with Crippen LogP contribution < -0.4 is 20.5 Å². The first-order valence-electron chi connectivity index (χ1n) is 9.92. The molecule has 1 atom stereocenters. The van der Waals surface area contributed by atoms with Gasteiger partial charge in [-0.05, 0) is 55.5 Å². The first-order valence-corrected chi connectivity index (χ1v) is 10.7. The second kappa shape index (κ2) is 10.8. The molecule has 3 amide bonds. The van der Waals surface area contributed by atoms with Gasteiger partial charge in [0.15, 0.2) is 6.61 Å². The molecule has 0 spiro atoms. The Bertz CT molecular complexity index is 994. The topological polar surface area (TPSA) is 114 Å². The minimum atomic E-state index is -0.698. The van der Waals surface area contributed by atoms with Crippen LogP contribution in [0.1, 0.15) is 23.7 Å². The van der Waals surface area contributed by atoms with Crippen LogP contribution in [0.3, 0.4) is 0 Å². The summed E-state index contributed by atoms with van der Waals surface area (Å²) < 4.78 is 11.2. The van der Waals surface area contributed by atoms with Crippen LogP contribution in [0.15, 0.2) is 53.0 Å². The zero-order valence-corrected chi connectivity index (χ0v) is 18.9. The van der Waals surface area contributed by atoms with Crippen LogP contribution in [0.4, 0.5) is 5.69 Å². The molecule has 0 unspecified atom stereocenters. The van der Waals surface area contributed by atoms with Gasteiger partial charge in [0.25, 0.3) is 11.8 Å². The molecular formula is C22H22BrN3O6. The minimum Gasteiger partial charge on any atom is -0.494 e. The Morgan fingerprint density at radius 3 is 2.41 bits per heavy atom. The number of hydrogen-bond donors (Lipinski definition) is 2. The van der Waals surface area contributed by atoms with Gasteiger partial charge in [-0.1, -0.05) is 15.9 Å². The molecule has 3 rings (SSSR count). The number of benzene rings is 2. The van der Waals surface area contributed by atoms with Crippen LogP contribution in [0, 0.1) is 5.92 Å². The van der Waals surface area contributed by atoms with E-state index >= 15 is 0 Å². The highest BCUT2D eigenvalue weighted by molar-refractivity contribution is 9.10. The van der Waals surface area contributed by atoms with Crippen molar-refractivity contribution in [1.82, 2.24) is 10.9 Å². The number of nitrogens with zero attached hydrogens (tertiary/aromatic N) is 1. The van der Waals surface area contributed by atoms with Crippen molar-refractivity contribution in [3.63, 3.8) is 0 Å². The average Bonchev–Trinajstić information content (AvgIpc) is 3.18. The van der Waals surface area contributed by atoms with E-state index in [9.17, 15) is 19.2 Å². The Morgan fingerprint density at radius 1 is 1.06 bits per heavy atom. The number of rotatable bonds is 7. The minimum absolute atomic E-state index is 0.00599. The second-order valence-electron chi connectivity index (χ2n) is 6.95. The number of ether oxygens (including phenoxy) is 2. The van der Waals surface area contributed by atoms with Crippen LogP contribution in [-0.4, -0.2) is 43.4 Å². The maximum atomic E-state index is 12.3. The standard InChI is InChI=1S/C22H22BrN3O6/c1-2-31-18-9-7-17(8-10-18)26-12-15(11-20(26)28)22(30)32-13-19(27)24-25-21(29)14-3-5-16(23)6-4-14/h3-10,15H,2,11-13H2,1H3,(H,24,27)(H,25,29)/t15-/m1/s1. The maximum Gasteiger partial charge on any atom is 0.311 e. The Hall–Kier alpha value is -3.40. The molecule has 168 valence electrons. The summed E-state index contributed by atoms with van der Waals surface area (Å²) in [5.41, 5.74) is 5.43. The third kappa shape index (κ3) is 6.07. The zero-order valence-electron chi connectivity index (χ0n) is 17.3. The van der Waals surface area contributed by atoms with E-state index in [0.717, 1.165) is 4.47 Å². The number of carbonyl (C=O) groups excluding carboxylic acids is 4. The summed E-state index contributed by atoms with van der Waals surface area (Å²) in [6, 6.07) is 13.6. The van der Waals surface area contributed by atoms with Crippen molar-refractivity contribution in [2.75, 3.05) is 24.7 Å². The van der Waals surface area contributed by atoms with Crippen molar-refractivity contribution in [2.24, 2.45) is 5.92 Å². The zero-order chi connectivity index (χ0) is 23.1. The fourth-order valence-corrected chi connectivity index (χ4v) is 3.36. The number of hydrogen-bond acceptors (Lipinski definition) is 6. The lowest BCUT2D eigenvalue weighted by Crippen LogP contribution is -2.43. The van der Waals surface area contributed by atoms with Gasteiger partial charge in [-0.15, -0.1) is 0 Å². The third-order valence-corrected chi connectivity index (χ3v) is 5.21. The summed E-state index contributed by atoms with van der Waals surface area (Å²) in [6.07, 6.45) is -0.00599. The highest BCUT2D eigenvalue weighted by Crippen LogP contribution is 2.27. The van der Waals surface area contributed by atoms with E-state index < -0.39 is 30.3 Å². The van der Waals surface area contributed by atoms with Gasteiger partial charge in [-0.2, -0.15) is 0 Å². The number of amides is 3. The van der Waals surface area contributed by atoms with Crippen molar-refractivity contribution in [3.05, 3.63) is 58.6 Å². The van der Waals surface area contributed by atoms with E-state index in [1.165, 1.54) is 4.90 Å². The van der Waals surface area contributed by atoms with Gasteiger partial charge in [-0.25, -0.2) is 0 Å². The number of carbonyl (C=O) groups is 4. The van der Waals surface area contributed by atoms with Crippen molar-refractivity contribution in [3.8, 4) is 5.75 Å². The van der Waals surface area contributed by atoms with E-state index in [1.54, 1.807) is 48.5 Å². The first kappa shape index (κ1) is 23.3. The molecule has 2 aromatic carbocycles. The number of halogens is 1. The molecule has 1 saturated heterocycles. The van der Waals surface area contributed by atoms with Crippen molar-refractivity contribution in [2.45, 2.75) is 13.3 Å². The van der Waals surface area contributed by atoms with Gasteiger partial charge >= 0.3 is 5.97 Å².